The van der Waals surface area contributed by atoms with Gasteiger partial charge in [-0.2, -0.15) is 0 Å². The van der Waals surface area contributed by atoms with Gasteiger partial charge in [0, 0.05) is 16.0 Å². The Bertz CT molecular complexity index is 473. The third-order valence-corrected chi connectivity index (χ3v) is 4.32. The standard InChI is InChI=1S/C11H10BrClN2S/c1-14-10(11-15-4-5-16-11)7-2-3-9(13)8(12)6-7/h2-6,10,14H,1H3. The van der Waals surface area contributed by atoms with E-state index in [1.165, 1.54) is 0 Å². The minimum atomic E-state index is 0.119. The summed E-state index contributed by atoms with van der Waals surface area (Å²) in [4.78, 5) is 4.32. The summed E-state index contributed by atoms with van der Waals surface area (Å²) in [6.45, 7) is 0. The van der Waals surface area contributed by atoms with Gasteiger partial charge in [0.1, 0.15) is 5.01 Å². The first-order valence-corrected chi connectivity index (χ1v) is 6.79. The molecule has 84 valence electrons. The molecule has 1 heterocycles. The molecule has 16 heavy (non-hydrogen) atoms. The lowest BCUT2D eigenvalue weighted by atomic mass is 10.1. The molecule has 2 nitrogen and oxygen atoms in total. The highest BCUT2D eigenvalue weighted by Crippen LogP contribution is 2.29. The van der Waals surface area contributed by atoms with Crippen molar-refractivity contribution in [3.05, 3.63) is 49.8 Å². The zero-order chi connectivity index (χ0) is 11.5. The van der Waals surface area contributed by atoms with Gasteiger partial charge in [-0.05, 0) is 40.7 Å². The van der Waals surface area contributed by atoms with Crippen LogP contribution in [0, 0.1) is 0 Å². The number of nitrogens with one attached hydrogen (secondary N) is 1. The van der Waals surface area contributed by atoms with Gasteiger partial charge in [0.25, 0.3) is 0 Å². The Labute approximate surface area is 112 Å². The lowest BCUT2D eigenvalue weighted by Gasteiger charge is -2.14. The molecule has 5 heteroatoms. The van der Waals surface area contributed by atoms with E-state index in [1.807, 2.05) is 36.8 Å². The van der Waals surface area contributed by atoms with Gasteiger partial charge < -0.3 is 5.32 Å². The van der Waals surface area contributed by atoms with Crippen LogP contribution in [-0.2, 0) is 0 Å². The van der Waals surface area contributed by atoms with Crippen LogP contribution in [0.2, 0.25) is 5.02 Å². The molecule has 0 saturated heterocycles. The van der Waals surface area contributed by atoms with Crippen LogP contribution in [0.1, 0.15) is 16.6 Å². The lowest BCUT2D eigenvalue weighted by Crippen LogP contribution is -2.17. The number of aromatic nitrogens is 1. The predicted octanol–water partition coefficient (Wildman–Crippen LogP) is 3.87. The smallest absolute Gasteiger partial charge is 0.114 e. The summed E-state index contributed by atoms with van der Waals surface area (Å²) >= 11 is 11.0. The highest BCUT2D eigenvalue weighted by molar-refractivity contribution is 9.10. The molecule has 0 amide bonds. The molecule has 1 aromatic heterocycles. The predicted molar refractivity (Wildman–Crippen MR) is 72.2 cm³/mol. The third-order valence-electron chi connectivity index (χ3n) is 2.26. The maximum atomic E-state index is 5.97. The molecule has 2 rings (SSSR count). The number of halogens is 2. The zero-order valence-corrected chi connectivity index (χ0v) is 11.7. The maximum absolute atomic E-state index is 5.97. The fourth-order valence-corrected chi connectivity index (χ4v) is 2.79. The van der Waals surface area contributed by atoms with Crippen molar-refractivity contribution in [1.82, 2.24) is 10.3 Å². The van der Waals surface area contributed by atoms with Gasteiger partial charge in [0.2, 0.25) is 0 Å². The molecule has 0 bridgehead atoms. The van der Waals surface area contributed by atoms with Crippen molar-refractivity contribution in [2.24, 2.45) is 0 Å². The minimum Gasteiger partial charge on any atom is -0.307 e. The lowest BCUT2D eigenvalue weighted by molar-refractivity contribution is 0.686. The Morgan fingerprint density at radius 3 is 2.88 bits per heavy atom. The molecule has 0 aliphatic heterocycles. The molecular formula is C11H10BrClN2S. The van der Waals surface area contributed by atoms with Gasteiger partial charge in [-0.25, -0.2) is 4.98 Å². The van der Waals surface area contributed by atoms with E-state index in [2.05, 4.69) is 26.2 Å². The van der Waals surface area contributed by atoms with E-state index in [9.17, 15) is 0 Å². The molecule has 0 radical (unpaired) electrons. The monoisotopic (exact) mass is 316 g/mol. The van der Waals surface area contributed by atoms with Gasteiger partial charge in [-0.3, -0.25) is 0 Å². The number of hydrogen-bond donors (Lipinski definition) is 1. The Morgan fingerprint density at radius 1 is 1.50 bits per heavy atom. The SMILES string of the molecule is CNC(c1ccc(Cl)c(Br)c1)c1nccs1. The highest BCUT2D eigenvalue weighted by atomic mass is 79.9. The topological polar surface area (TPSA) is 24.9 Å². The second kappa shape index (κ2) is 5.27. The van der Waals surface area contributed by atoms with E-state index in [1.54, 1.807) is 11.3 Å². The van der Waals surface area contributed by atoms with Gasteiger partial charge in [-0.1, -0.05) is 17.7 Å². The van der Waals surface area contributed by atoms with Crippen molar-refractivity contribution < 1.29 is 0 Å². The number of benzene rings is 1. The fourth-order valence-electron chi connectivity index (χ4n) is 1.50. The first kappa shape index (κ1) is 12.0. The molecule has 1 unspecified atom stereocenters. The number of nitrogens with zero attached hydrogens (tertiary/aromatic N) is 1. The van der Waals surface area contributed by atoms with Gasteiger partial charge >= 0.3 is 0 Å². The summed E-state index contributed by atoms with van der Waals surface area (Å²) in [5.74, 6) is 0. The quantitative estimate of drug-likeness (QED) is 0.929. The third kappa shape index (κ3) is 2.46. The minimum absolute atomic E-state index is 0.119. The zero-order valence-electron chi connectivity index (χ0n) is 8.58. The second-order valence-corrected chi connectivity index (χ2v) is 5.45. The normalized spacial score (nSPS) is 12.7. The Balaban J connectivity index is 2.37. The van der Waals surface area contributed by atoms with Crippen LogP contribution >= 0.6 is 38.9 Å². The van der Waals surface area contributed by atoms with Crippen LogP contribution in [0.3, 0.4) is 0 Å². The van der Waals surface area contributed by atoms with E-state index >= 15 is 0 Å². The Kier molecular flexibility index (Phi) is 3.97. The molecule has 1 atom stereocenters. The Morgan fingerprint density at radius 2 is 2.31 bits per heavy atom. The van der Waals surface area contributed by atoms with E-state index < -0.39 is 0 Å². The average molecular weight is 318 g/mol. The van der Waals surface area contributed by atoms with Crippen molar-refractivity contribution in [2.45, 2.75) is 6.04 Å². The molecule has 0 saturated carbocycles. The van der Waals surface area contributed by atoms with Crippen molar-refractivity contribution in [1.29, 1.82) is 0 Å². The summed E-state index contributed by atoms with van der Waals surface area (Å²) < 4.78 is 0.906. The van der Waals surface area contributed by atoms with E-state index in [4.69, 9.17) is 11.6 Å². The van der Waals surface area contributed by atoms with E-state index in [0.29, 0.717) is 0 Å². The molecule has 0 aliphatic carbocycles. The van der Waals surface area contributed by atoms with Crippen molar-refractivity contribution in [2.75, 3.05) is 7.05 Å². The van der Waals surface area contributed by atoms with Gasteiger partial charge in [-0.15, -0.1) is 11.3 Å². The summed E-state index contributed by atoms with van der Waals surface area (Å²) in [6, 6.07) is 6.04. The van der Waals surface area contributed by atoms with Gasteiger partial charge in [0.05, 0.1) is 11.1 Å². The molecule has 2 aromatic rings. The van der Waals surface area contributed by atoms with Crippen molar-refractivity contribution >= 4 is 38.9 Å². The highest BCUT2D eigenvalue weighted by Gasteiger charge is 2.15. The number of rotatable bonds is 3. The maximum Gasteiger partial charge on any atom is 0.114 e. The number of thiazole rings is 1. The summed E-state index contributed by atoms with van der Waals surface area (Å²) in [7, 11) is 1.93. The van der Waals surface area contributed by atoms with Crippen LogP contribution in [0.4, 0.5) is 0 Å². The Hall–Kier alpha value is -0.420. The summed E-state index contributed by atoms with van der Waals surface area (Å²) in [5, 5.41) is 7.00. The first-order valence-electron chi connectivity index (χ1n) is 4.74. The van der Waals surface area contributed by atoms with Crippen molar-refractivity contribution in [3.8, 4) is 0 Å². The molecule has 1 aromatic carbocycles. The second-order valence-electron chi connectivity index (χ2n) is 3.27. The first-order chi connectivity index (χ1) is 7.72. The molecule has 0 spiro atoms. The summed E-state index contributed by atoms with van der Waals surface area (Å²) in [5.41, 5.74) is 1.15. The molecule has 0 fully saturated rings. The average Bonchev–Trinajstić information content (AvgIpc) is 2.78. The van der Waals surface area contributed by atoms with Crippen LogP contribution in [0.15, 0.2) is 34.2 Å². The molecular weight excluding hydrogens is 308 g/mol. The van der Waals surface area contributed by atoms with Crippen LogP contribution in [-0.4, -0.2) is 12.0 Å². The number of hydrogen-bond acceptors (Lipinski definition) is 3. The summed E-state index contributed by atoms with van der Waals surface area (Å²) in [6.07, 6.45) is 1.81. The van der Waals surface area contributed by atoms with E-state index in [0.717, 1.165) is 20.1 Å². The largest absolute Gasteiger partial charge is 0.307 e. The van der Waals surface area contributed by atoms with E-state index in [-0.39, 0.29) is 6.04 Å². The van der Waals surface area contributed by atoms with Crippen LogP contribution < -0.4 is 5.32 Å². The van der Waals surface area contributed by atoms with Crippen molar-refractivity contribution in [3.63, 3.8) is 0 Å². The van der Waals surface area contributed by atoms with Crippen LogP contribution in [0.5, 0.6) is 0 Å². The molecule has 0 aliphatic rings. The van der Waals surface area contributed by atoms with Crippen LogP contribution in [0.25, 0.3) is 0 Å². The fraction of sp³-hybridized carbons (Fsp3) is 0.182. The van der Waals surface area contributed by atoms with Gasteiger partial charge in [0.15, 0.2) is 0 Å². The molecule has 1 N–H and O–H groups in total.